The molecule has 1 saturated heterocycles. The van der Waals surface area contributed by atoms with E-state index in [0.29, 0.717) is 37.9 Å². The summed E-state index contributed by atoms with van der Waals surface area (Å²) in [6.45, 7) is 2.86. The summed E-state index contributed by atoms with van der Waals surface area (Å²) in [6, 6.07) is 17.4. The molecule has 0 unspecified atom stereocenters. The molecule has 4 rings (SSSR count). The monoisotopic (exact) mass is 419 g/mol. The Balaban J connectivity index is 0.000000179. The maximum absolute atomic E-state index is 12.1. The minimum atomic E-state index is -0.253. The molecule has 0 saturated carbocycles. The molecule has 6 nitrogen and oxygen atoms in total. The number of piperidine rings is 1. The number of carbonyl (C=O) groups is 3. The van der Waals surface area contributed by atoms with Crippen molar-refractivity contribution in [2.24, 2.45) is 11.7 Å². The second-order valence-electron chi connectivity index (χ2n) is 7.90. The van der Waals surface area contributed by atoms with Gasteiger partial charge < -0.3 is 20.4 Å². The molecule has 1 aromatic heterocycles. The number of nitrogens with zero attached hydrogens (tertiary/aromatic N) is 1. The van der Waals surface area contributed by atoms with Crippen LogP contribution < -0.4 is 5.73 Å². The van der Waals surface area contributed by atoms with Gasteiger partial charge in [0.15, 0.2) is 0 Å². The van der Waals surface area contributed by atoms with E-state index in [-0.39, 0.29) is 23.5 Å². The van der Waals surface area contributed by atoms with E-state index in [4.69, 9.17) is 5.73 Å². The van der Waals surface area contributed by atoms with Crippen LogP contribution in [0.4, 0.5) is 0 Å². The van der Waals surface area contributed by atoms with Gasteiger partial charge in [0.1, 0.15) is 5.78 Å². The highest BCUT2D eigenvalue weighted by Gasteiger charge is 2.26. The number of nitrogens with two attached hydrogens (primary N) is 1. The van der Waals surface area contributed by atoms with Gasteiger partial charge in [0.2, 0.25) is 5.91 Å². The van der Waals surface area contributed by atoms with Crippen molar-refractivity contribution in [3.05, 3.63) is 71.9 Å². The average molecular weight is 420 g/mol. The van der Waals surface area contributed by atoms with E-state index in [2.05, 4.69) is 11.1 Å². The fourth-order valence-corrected chi connectivity index (χ4v) is 3.78. The number of likely N-dealkylation sites (tertiary alicyclic amines) is 1. The summed E-state index contributed by atoms with van der Waals surface area (Å²) < 4.78 is 0. The van der Waals surface area contributed by atoms with Crippen LogP contribution in [0, 0.1) is 5.92 Å². The molecule has 3 N–H and O–H groups in total. The van der Waals surface area contributed by atoms with Crippen LogP contribution in [0.1, 0.15) is 42.1 Å². The molecule has 6 heteroatoms. The number of para-hydroxylation sites is 1. The Morgan fingerprint density at radius 1 is 1.00 bits per heavy atom. The molecule has 2 heterocycles. The van der Waals surface area contributed by atoms with Gasteiger partial charge in [0.05, 0.1) is 0 Å². The standard InChI is InChI=1S/C13H16N2O2.C12H13NO/c14-12(16)10-6-8-15(9-7-10)13(17)11-4-2-1-3-5-11;1-9(14)6-7-10-8-13-12-5-3-2-4-11(10)12/h1-5,10H,6-9H2,(H2,14,16);2-5,8,13H,6-7H2,1H3. The molecule has 2 aromatic carbocycles. The molecule has 162 valence electrons. The lowest BCUT2D eigenvalue weighted by Gasteiger charge is -2.30. The minimum absolute atomic E-state index is 0.0357. The van der Waals surface area contributed by atoms with Gasteiger partial charge in [-0.05, 0) is 49.9 Å². The van der Waals surface area contributed by atoms with Crippen molar-refractivity contribution in [3.63, 3.8) is 0 Å². The van der Waals surface area contributed by atoms with Crippen LogP contribution in [0.5, 0.6) is 0 Å². The number of aromatic nitrogens is 1. The molecule has 2 amide bonds. The van der Waals surface area contributed by atoms with E-state index in [1.807, 2.05) is 54.7 Å². The molecular weight excluding hydrogens is 390 g/mol. The van der Waals surface area contributed by atoms with Crippen molar-refractivity contribution in [2.45, 2.75) is 32.6 Å². The summed E-state index contributed by atoms with van der Waals surface area (Å²) in [4.78, 5) is 39.0. The number of carbonyl (C=O) groups excluding carboxylic acids is 3. The number of aryl methyl sites for hydroxylation is 1. The van der Waals surface area contributed by atoms with E-state index >= 15 is 0 Å². The first-order valence-electron chi connectivity index (χ1n) is 10.6. The Morgan fingerprint density at radius 3 is 2.29 bits per heavy atom. The number of hydrogen-bond donors (Lipinski definition) is 2. The van der Waals surface area contributed by atoms with E-state index in [0.717, 1.165) is 11.9 Å². The number of fused-ring (bicyclic) bond motifs is 1. The van der Waals surface area contributed by atoms with Crippen LogP contribution >= 0.6 is 0 Å². The fraction of sp³-hybridized carbons (Fsp3) is 0.320. The van der Waals surface area contributed by atoms with Crippen LogP contribution in [-0.2, 0) is 16.0 Å². The van der Waals surface area contributed by atoms with E-state index < -0.39 is 0 Å². The van der Waals surface area contributed by atoms with Gasteiger partial charge in [-0.3, -0.25) is 9.59 Å². The second kappa shape index (κ2) is 10.6. The van der Waals surface area contributed by atoms with Crippen LogP contribution in [-0.4, -0.2) is 40.6 Å². The lowest BCUT2D eigenvalue weighted by atomic mass is 9.96. The Labute approximate surface area is 182 Å². The number of Topliss-reactive ketones (excluding diaryl/α,β-unsaturated/α-hetero) is 1. The zero-order valence-corrected chi connectivity index (χ0v) is 17.8. The third-order valence-corrected chi connectivity index (χ3v) is 5.63. The third kappa shape index (κ3) is 6.04. The molecule has 0 spiro atoms. The first-order valence-corrected chi connectivity index (χ1v) is 10.6. The van der Waals surface area contributed by atoms with E-state index in [1.54, 1.807) is 11.8 Å². The van der Waals surface area contributed by atoms with Crippen LogP contribution in [0.15, 0.2) is 60.8 Å². The first kappa shape index (κ1) is 22.3. The normalized spacial score (nSPS) is 14.0. The molecule has 3 aromatic rings. The maximum Gasteiger partial charge on any atom is 0.253 e. The predicted octanol–water partition coefficient (Wildman–Crippen LogP) is 3.71. The number of primary amides is 1. The zero-order valence-electron chi connectivity index (χ0n) is 17.8. The van der Waals surface area contributed by atoms with Gasteiger partial charge in [0, 0.05) is 48.1 Å². The number of H-pyrrole nitrogens is 1. The molecule has 1 aliphatic heterocycles. The lowest BCUT2D eigenvalue weighted by molar-refractivity contribution is -0.123. The number of aromatic amines is 1. The van der Waals surface area contributed by atoms with E-state index in [9.17, 15) is 14.4 Å². The van der Waals surface area contributed by atoms with Gasteiger partial charge in [-0.1, -0.05) is 36.4 Å². The Hall–Kier alpha value is -3.41. The minimum Gasteiger partial charge on any atom is -0.369 e. The van der Waals surface area contributed by atoms with Crippen molar-refractivity contribution >= 4 is 28.5 Å². The topological polar surface area (TPSA) is 96.3 Å². The van der Waals surface area contributed by atoms with Crippen molar-refractivity contribution in [1.82, 2.24) is 9.88 Å². The zero-order chi connectivity index (χ0) is 22.2. The lowest BCUT2D eigenvalue weighted by Crippen LogP contribution is -2.41. The number of rotatable bonds is 5. The first-order chi connectivity index (χ1) is 15.0. The molecule has 0 aliphatic carbocycles. The van der Waals surface area contributed by atoms with Crippen LogP contribution in [0.3, 0.4) is 0 Å². The highest BCUT2D eigenvalue weighted by Crippen LogP contribution is 2.19. The highest BCUT2D eigenvalue weighted by molar-refractivity contribution is 5.94. The summed E-state index contributed by atoms with van der Waals surface area (Å²) in [5.74, 6) is -0.0459. The highest BCUT2D eigenvalue weighted by atomic mass is 16.2. The van der Waals surface area contributed by atoms with Gasteiger partial charge >= 0.3 is 0 Å². The molecule has 0 bridgehead atoms. The Morgan fingerprint density at radius 2 is 1.65 bits per heavy atom. The second-order valence-corrected chi connectivity index (χ2v) is 7.90. The Bertz CT molecular complexity index is 1030. The molecule has 31 heavy (non-hydrogen) atoms. The summed E-state index contributed by atoms with van der Waals surface area (Å²) >= 11 is 0. The van der Waals surface area contributed by atoms with Gasteiger partial charge in [-0.15, -0.1) is 0 Å². The van der Waals surface area contributed by atoms with Crippen molar-refractivity contribution in [3.8, 4) is 0 Å². The van der Waals surface area contributed by atoms with Crippen molar-refractivity contribution < 1.29 is 14.4 Å². The third-order valence-electron chi connectivity index (χ3n) is 5.63. The molecule has 1 aliphatic rings. The summed E-state index contributed by atoms with van der Waals surface area (Å²) in [7, 11) is 0. The van der Waals surface area contributed by atoms with Crippen LogP contribution in [0.25, 0.3) is 10.9 Å². The quantitative estimate of drug-likeness (QED) is 0.660. The molecular formula is C25H29N3O3. The molecule has 0 atom stereocenters. The number of amides is 2. The summed E-state index contributed by atoms with van der Waals surface area (Å²) in [6.07, 6.45) is 4.80. The SMILES string of the molecule is CC(=O)CCc1c[nH]c2ccccc12.NC(=O)C1CCN(C(=O)c2ccccc2)CC1. The predicted molar refractivity (Wildman–Crippen MR) is 122 cm³/mol. The summed E-state index contributed by atoms with van der Waals surface area (Å²) in [5.41, 5.74) is 8.33. The number of ketones is 1. The molecule has 0 radical (unpaired) electrons. The van der Waals surface area contributed by atoms with Gasteiger partial charge in [-0.25, -0.2) is 0 Å². The summed E-state index contributed by atoms with van der Waals surface area (Å²) in [5, 5.41) is 1.23. The Kier molecular flexibility index (Phi) is 7.60. The fourth-order valence-electron chi connectivity index (χ4n) is 3.78. The van der Waals surface area contributed by atoms with Crippen LogP contribution in [0.2, 0.25) is 0 Å². The average Bonchev–Trinajstić information content (AvgIpc) is 3.21. The maximum atomic E-state index is 12.1. The largest absolute Gasteiger partial charge is 0.369 e. The van der Waals surface area contributed by atoms with Gasteiger partial charge in [0.25, 0.3) is 5.91 Å². The smallest absolute Gasteiger partial charge is 0.253 e. The van der Waals surface area contributed by atoms with Crippen molar-refractivity contribution in [1.29, 1.82) is 0 Å². The van der Waals surface area contributed by atoms with E-state index in [1.165, 1.54) is 10.9 Å². The van der Waals surface area contributed by atoms with Gasteiger partial charge in [-0.2, -0.15) is 0 Å². The number of hydrogen-bond acceptors (Lipinski definition) is 3. The number of nitrogens with one attached hydrogen (secondary N) is 1. The van der Waals surface area contributed by atoms with Crippen molar-refractivity contribution in [2.75, 3.05) is 13.1 Å². The number of benzene rings is 2. The molecule has 1 fully saturated rings.